The molecule has 1 fully saturated rings. The predicted octanol–water partition coefficient (Wildman–Crippen LogP) is 0.328. The van der Waals surface area contributed by atoms with Crippen LogP contribution in [-0.2, 0) is 31.6 Å². The standard InChI is InChI=1S/C15H26N5O11P3/c1-18-14(17)13-10(4-3-7-16)8-20(15(13)19-2)12-6-5-11(29-12)9-28-33(24,25)31-34(26,27)30-32(21,22)23/h8,11-12,14,18H,2,5-7,9,16-17H2,1H3,(H,24,25)(H,26,27)(H2,21,22,23)/t11-,12+,14?/m0/s1. The molecule has 192 valence electrons. The van der Waals surface area contributed by atoms with Gasteiger partial charge in [0.1, 0.15) is 12.0 Å². The second kappa shape index (κ2) is 11.7. The smallest absolute Gasteiger partial charge is 0.352 e. The number of nitrogens with zero attached hydrogens (tertiary/aromatic N) is 2. The number of aliphatic imine (C=N–C) groups is 1. The topological polar surface area (TPSA) is 250 Å². The molecule has 2 heterocycles. The van der Waals surface area contributed by atoms with Crippen molar-refractivity contribution in [1.29, 1.82) is 0 Å². The first kappa shape index (κ1) is 29.0. The van der Waals surface area contributed by atoms with E-state index >= 15 is 0 Å². The fraction of sp³-hybridized carbons (Fsp3) is 0.533. The molecule has 1 saturated heterocycles. The number of ether oxygens (including phenoxy) is 1. The third-order valence-corrected chi connectivity index (χ3v) is 8.18. The highest BCUT2D eigenvalue weighted by atomic mass is 31.3. The van der Waals surface area contributed by atoms with Crippen molar-refractivity contribution >= 4 is 36.0 Å². The molecular formula is C15H26N5O11P3. The van der Waals surface area contributed by atoms with E-state index in [4.69, 9.17) is 26.0 Å². The second-order valence-corrected chi connectivity index (χ2v) is 11.2. The Bertz CT molecular complexity index is 1090. The molecule has 34 heavy (non-hydrogen) atoms. The van der Waals surface area contributed by atoms with Gasteiger partial charge in [0.15, 0.2) is 0 Å². The molecule has 3 unspecified atom stereocenters. The zero-order valence-electron chi connectivity index (χ0n) is 17.9. The normalized spacial score (nSPS) is 22.9. The average Bonchev–Trinajstić information content (AvgIpc) is 3.31. The van der Waals surface area contributed by atoms with Crippen LogP contribution in [0.3, 0.4) is 0 Å². The Balaban J connectivity index is 2.12. The van der Waals surface area contributed by atoms with Crippen LogP contribution < -0.4 is 16.8 Å². The van der Waals surface area contributed by atoms with Crippen LogP contribution in [0, 0.1) is 11.8 Å². The van der Waals surface area contributed by atoms with Crippen LogP contribution in [0.4, 0.5) is 5.82 Å². The number of rotatable bonds is 11. The van der Waals surface area contributed by atoms with E-state index in [2.05, 4.69) is 42.0 Å². The average molecular weight is 545 g/mol. The van der Waals surface area contributed by atoms with Crippen molar-refractivity contribution in [2.45, 2.75) is 31.3 Å². The van der Waals surface area contributed by atoms with E-state index in [1.165, 1.54) is 0 Å². The summed E-state index contributed by atoms with van der Waals surface area (Å²) in [5, 5.41) is 2.90. The van der Waals surface area contributed by atoms with Crippen molar-refractivity contribution in [3.05, 3.63) is 17.3 Å². The van der Waals surface area contributed by atoms with Crippen LogP contribution >= 0.6 is 23.5 Å². The maximum Gasteiger partial charge on any atom is 0.490 e. The van der Waals surface area contributed by atoms with Crippen LogP contribution in [0.2, 0.25) is 0 Å². The molecule has 19 heteroatoms. The minimum atomic E-state index is -5.60. The predicted molar refractivity (Wildman–Crippen MR) is 119 cm³/mol. The van der Waals surface area contributed by atoms with Gasteiger partial charge in [-0.2, -0.15) is 8.62 Å². The first-order valence-corrected chi connectivity index (χ1v) is 14.0. The van der Waals surface area contributed by atoms with Crippen molar-refractivity contribution in [2.75, 3.05) is 20.2 Å². The molecule has 2 rings (SSSR count). The van der Waals surface area contributed by atoms with Crippen LogP contribution in [0.25, 0.3) is 0 Å². The minimum Gasteiger partial charge on any atom is -0.352 e. The lowest BCUT2D eigenvalue weighted by Crippen LogP contribution is -2.25. The summed E-state index contributed by atoms with van der Waals surface area (Å²) in [6.45, 7) is 3.14. The molecule has 0 saturated carbocycles. The van der Waals surface area contributed by atoms with Gasteiger partial charge in [-0.3, -0.25) is 4.52 Å². The summed E-state index contributed by atoms with van der Waals surface area (Å²) in [6.07, 6.45) is 0.438. The lowest BCUT2D eigenvalue weighted by Gasteiger charge is -2.19. The lowest BCUT2D eigenvalue weighted by molar-refractivity contribution is -0.0211. The van der Waals surface area contributed by atoms with E-state index in [9.17, 15) is 23.5 Å². The van der Waals surface area contributed by atoms with Crippen LogP contribution in [-0.4, -0.2) is 57.2 Å². The molecule has 0 spiro atoms. The van der Waals surface area contributed by atoms with Gasteiger partial charge in [0.05, 0.1) is 31.0 Å². The molecule has 1 aromatic heterocycles. The Labute approximate surface area is 194 Å². The van der Waals surface area contributed by atoms with Crippen LogP contribution in [0.1, 0.15) is 36.4 Å². The number of hydrogen-bond acceptors (Lipinski definition) is 11. The first-order valence-electron chi connectivity index (χ1n) is 9.49. The van der Waals surface area contributed by atoms with E-state index in [1.807, 2.05) is 0 Å². The molecule has 0 aliphatic carbocycles. The molecule has 1 aromatic rings. The summed E-state index contributed by atoms with van der Waals surface area (Å²) in [7, 11) is -14.7. The number of aromatic nitrogens is 1. The third kappa shape index (κ3) is 8.17. The maximum atomic E-state index is 11.9. The molecule has 0 amide bonds. The number of hydrogen-bond donors (Lipinski definition) is 7. The lowest BCUT2D eigenvalue weighted by atomic mass is 10.1. The number of phosphoric acid groups is 3. The van der Waals surface area contributed by atoms with Crippen LogP contribution in [0.15, 0.2) is 11.2 Å². The second-order valence-electron chi connectivity index (χ2n) is 6.79. The molecule has 9 N–H and O–H groups in total. The van der Waals surface area contributed by atoms with E-state index in [1.54, 1.807) is 17.8 Å². The van der Waals surface area contributed by atoms with E-state index < -0.39 is 48.6 Å². The van der Waals surface area contributed by atoms with Gasteiger partial charge < -0.3 is 45.7 Å². The Kier molecular flexibility index (Phi) is 9.95. The number of nitrogens with two attached hydrogens (primary N) is 2. The first-order chi connectivity index (χ1) is 15.7. The highest BCUT2D eigenvalue weighted by Crippen LogP contribution is 2.66. The highest BCUT2D eigenvalue weighted by Gasteiger charge is 2.41. The van der Waals surface area contributed by atoms with Crippen LogP contribution in [0.5, 0.6) is 0 Å². The summed E-state index contributed by atoms with van der Waals surface area (Å²) in [6, 6.07) is 0. The largest absolute Gasteiger partial charge is 0.490 e. The molecule has 1 aliphatic heterocycles. The number of phosphoric ester groups is 1. The van der Waals surface area contributed by atoms with Crippen molar-refractivity contribution in [1.82, 2.24) is 9.88 Å². The monoisotopic (exact) mass is 545 g/mol. The van der Waals surface area contributed by atoms with Gasteiger partial charge in [0, 0.05) is 11.8 Å². The summed E-state index contributed by atoms with van der Waals surface area (Å²) >= 11 is 0. The van der Waals surface area contributed by atoms with Gasteiger partial charge >= 0.3 is 23.5 Å². The summed E-state index contributed by atoms with van der Waals surface area (Å²) < 4.78 is 53.4. The summed E-state index contributed by atoms with van der Waals surface area (Å²) in [4.78, 5) is 39.9. The van der Waals surface area contributed by atoms with Crippen molar-refractivity contribution in [2.24, 2.45) is 16.5 Å². The van der Waals surface area contributed by atoms with Crippen molar-refractivity contribution in [3.8, 4) is 11.8 Å². The zero-order chi connectivity index (χ0) is 25.7. The minimum absolute atomic E-state index is 0.124. The van der Waals surface area contributed by atoms with Gasteiger partial charge in [-0.25, -0.2) is 18.7 Å². The SMILES string of the molecule is C=Nc1c(C(N)NC)c(C#CCN)cn1[C@H]1CC[C@@H](COP(=O)(O)OP(=O)(O)OP(=O)(O)O)O1. The number of nitrogens with one attached hydrogen (secondary N) is 1. The van der Waals surface area contributed by atoms with Gasteiger partial charge in [0.2, 0.25) is 0 Å². The molecular weight excluding hydrogens is 519 g/mol. The summed E-state index contributed by atoms with van der Waals surface area (Å²) in [5.41, 5.74) is 12.7. The van der Waals surface area contributed by atoms with E-state index in [-0.39, 0.29) is 6.54 Å². The summed E-state index contributed by atoms with van der Waals surface area (Å²) in [5.74, 6) is 6.04. The van der Waals surface area contributed by atoms with E-state index in [0.717, 1.165) is 0 Å². The quantitative estimate of drug-likeness (QED) is 0.0857. The Morgan fingerprint density at radius 1 is 1.29 bits per heavy atom. The van der Waals surface area contributed by atoms with Gasteiger partial charge in [-0.05, 0) is 26.6 Å². The molecule has 1 aliphatic rings. The fourth-order valence-corrected chi connectivity index (χ4v) is 6.16. The zero-order valence-corrected chi connectivity index (χ0v) is 20.6. The van der Waals surface area contributed by atoms with Gasteiger partial charge in [0.25, 0.3) is 0 Å². The Morgan fingerprint density at radius 3 is 2.53 bits per heavy atom. The fourth-order valence-electron chi connectivity index (χ4n) is 3.11. The Morgan fingerprint density at radius 2 is 1.97 bits per heavy atom. The molecule has 0 aromatic carbocycles. The van der Waals surface area contributed by atoms with Gasteiger partial charge in [-0.15, -0.1) is 0 Å². The molecule has 0 radical (unpaired) electrons. The molecule has 16 nitrogen and oxygen atoms in total. The highest BCUT2D eigenvalue weighted by molar-refractivity contribution is 7.66. The Hall–Kier alpha value is -1.24. The van der Waals surface area contributed by atoms with Crippen molar-refractivity contribution in [3.63, 3.8) is 0 Å². The van der Waals surface area contributed by atoms with Gasteiger partial charge in [-0.1, -0.05) is 11.8 Å². The molecule has 5 atom stereocenters. The van der Waals surface area contributed by atoms with E-state index in [0.29, 0.717) is 29.8 Å². The van der Waals surface area contributed by atoms with Crippen molar-refractivity contribution < 1.29 is 51.2 Å². The molecule has 0 bridgehead atoms. The maximum absolute atomic E-state index is 11.9. The third-order valence-electron chi connectivity index (χ3n) is 4.38.